The Morgan fingerprint density at radius 2 is 1.80 bits per heavy atom. The molecule has 0 atom stereocenters. The van der Waals surface area contributed by atoms with Gasteiger partial charge in [-0.3, -0.25) is 0 Å². The molecule has 20 heavy (non-hydrogen) atoms. The van der Waals surface area contributed by atoms with Crippen LogP contribution >= 0.6 is 11.6 Å². The Bertz CT molecular complexity index is 681. The van der Waals surface area contributed by atoms with Gasteiger partial charge in [-0.2, -0.15) is 18.4 Å². The fourth-order valence-electron chi connectivity index (χ4n) is 1.81. The van der Waals surface area contributed by atoms with Crippen LogP contribution in [0, 0.1) is 17.1 Å². The molecule has 0 N–H and O–H groups in total. The Morgan fingerprint density at radius 1 is 1.10 bits per heavy atom. The number of benzene rings is 2. The molecule has 0 aliphatic heterocycles. The average Bonchev–Trinajstić information content (AvgIpc) is 2.37. The minimum atomic E-state index is -4.70. The summed E-state index contributed by atoms with van der Waals surface area (Å²) in [5.74, 6) is -0.727. The maximum atomic E-state index is 13.7. The van der Waals surface area contributed by atoms with Gasteiger partial charge in [0.1, 0.15) is 5.82 Å². The zero-order chi connectivity index (χ0) is 14.9. The van der Waals surface area contributed by atoms with Crippen molar-refractivity contribution in [3.63, 3.8) is 0 Å². The van der Waals surface area contributed by atoms with Crippen molar-refractivity contribution in [2.45, 2.75) is 6.18 Å². The summed E-state index contributed by atoms with van der Waals surface area (Å²) in [6.07, 6.45) is -4.70. The number of hydrogen-bond donors (Lipinski definition) is 0. The third-order valence-corrected chi connectivity index (χ3v) is 3.01. The minimum Gasteiger partial charge on any atom is -0.206 e. The van der Waals surface area contributed by atoms with Crippen LogP contribution in [0.3, 0.4) is 0 Å². The van der Waals surface area contributed by atoms with Crippen molar-refractivity contribution in [3.05, 3.63) is 58.4 Å². The van der Waals surface area contributed by atoms with Crippen LogP contribution in [-0.4, -0.2) is 0 Å². The molecule has 0 fully saturated rings. The summed E-state index contributed by atoms with van der Waals surface area (Å²) in [5.41, 5.74) is -1.78. The molecule has 0 saturated heterocycles. The van der Waals surface area contributed by atoms with Crippen LogP contribution in [0.5, 0.6) is 0 Å². The lowest BCUT2D eigenvalue weighted by Gasteiger charge is -2.12. The summed E-state index contributed by atoms with van der Waals surface area (Å²) >= 11 is 5.82. The Balaban J connectivity index is 2.70. The molecule has 2 rings (SSSR count). The van der Waals surface area contributed by atoms with E-state index in [1.54, 1.807) is 0 Å². The molecule has 102 valence electrons. The molecule has 0 heterocycles. The molecule has 0 bridgehead atoms. The summed E-state index contributed by atoms with van der Waals surface area (Å²) in [6, 6.07) is 8.26. The van der Waals surface area contributed by atoms with Gasteiger partial charge in [-0.1, -0.05) is 23.7 Å². The molecule has 0 unspecified atom stereocenters. The molecule has 0 aliphatic rings. The monoisotopic (exact) mass is 299 g/mol. The van der Waals surface area contributed by atoms with Gasteiger partial charge < -0.3 is 0 Å². The highest BCUT2D eigenvalue weighted by atomic mass is 35.5. The summed E-state index contributed by atoms with van der Waals surface area (Å²) in [6.45, 7) is 0. The third-order valence-electron chi connectivity index (χ3n) is 2.70. The number of nitrogens with zero attached hydrogens (tertiary/aromatic N) is 1. The molecule has 0 aliphatic carbocycles. The zero-order valence-corrected chi connectivity index (χ0v) is 10.6. The topological polar surface area (TPSA) is 23.8 Å². The van der Waals surface area contributed by atoms with Gasteiger partial charge in [-0.05, 0) is 29.8 Å². The molecule has 0 saturated carbocycles. The minimum absolute atomic E-state index is 0.00262. The van der Waals surface area contributed by atoms with Gasteiger partial charge in [0.05, 0.1) is 22.2 Å². The highest BCUT2D eigenvalue weighted by Crippen LogP contribution is 2.37. The van der Waals surface area contributed by atoms with E-state index >= 15 is 0 Å². The van der Waals surface area contributed by atoms with Crippen LogP contribution in [0.1, 0.15) is 11.1 Å². The molecule has 2 aromatic rings. The van der Waals surface area contributed by atoms with E-state index in [1.807, 2.05) is 0 Å². The van der Waals surface area contributed by atoms with E-state index in [0.717, 1.165) is 18.2 Å². The van der Waals surface area contributed by atoms with Crippen LogP contribution in [0.2, 0.25) is 5.02 Å². The second kappa shape index (κ2) is 5.14. The van der Waals surface area contributed by atoms with Crippen molar-refractivity contribution in [3.8, 4) is 17.2 Å². The van der Waals surface area contributed by atoms with Gasteiger partial charge in [0.25, 0.3) is 0 Å². The van der Waals surface area contributed by atoms with Gasteiger partial charge in [0, 0.05) is 5.56 Å². The van der Waals surface area contributed by atoms with E-state index in [1.165, 1.54) is 24.3 Å². The molecule has 6 heteroatoms. The van der Waals surface area contributed by atoms with Crippen molar-refractivity contribution >= 4 is 11.6 Å². The van der Waals surface area contributed by atoms with Crippen LogP contribution in [0.25, 0.3) is 11.1 Å². The van der Waals surface area contributed by atoms with Crippen LogP contribution in [0.4, 0.5) is 17.6 Å². The molecular formula is C14H6ClF4N. The van der Waals surface area contributed by atoms with Crippen molar-refractivity contribution in [2.75, 3.05) is 0 Å². The third kappa shape index (κ3) is 2.61. The van der Waals surface area contributed by atoms with E-state index < -0.39 is 23.1 Å². The Labute approximate surface area is 117 Å². The first-order valence-electron chi connectivity index (χ1n) is 5.40. The average molecular weight is 300 g/mol. The molecule has 0 amide bonds. The number of alkyl halides is 3. The van der Waals surface area contributed by atoms with Gasteiger partial charge >= 0.3 is 6.18 Å². The maximum Gasteiger partial charge on any atom is 0.417 e. The SMILES string of the molecule is N#Cc1ccc(-c2c(F)cccc2Cl)cc1C(F)(F)F. The number of hydrogen-bond acceptors (Lipinski definition) is 1. The number of halogens is 5. The first-order valence-corrected chi connectivity index (χ1v) is 5.78. The van der Waals surface area contributed by atoms with Gasteiger partial charge in [-0.15, -0.1) is 0 Å². The van der Waals surface area contributed by atoms with E-state index in [0.29, 0.717) is 0 Å². The van der Waals surface area contributed by atoms with E-state index in [9.17, 15) is 17.6 Å². The molecule has 0 radical (unpaired) electrons. The Hall–Kier alpha value is -2.06. The predicted octanol–water partition coefficient (Wildman–Crippen LogP) is 5.04. The summed E-state index contributed by atoms with van der Waals surface area (Å²) in [7, 11) is 0. The van der Waals surface area contributed by atoms with Gasteiger partial charge in [0.15, 0.2) is 0 Å². The number of rotatable bonds is 1. The Kier molecular flexibility index (Phi) is 3.69. The largest absolute Gasteiger partial charge is 0.417 e. The summed E-state index contributed by atoms with van der Waals surface area (Å²) in [5, 5.41) is 8.70. The van der Waals surface area contributed by atoms with Crippen LogP contribution < -0.4 is 0 Å². The summed E-state index contributed by atoms with van der Waals surface area (Å²) in [4.78, 5) is 0. The van der Waals surface area contributed by atoms with E-state index in [-0.39, 0.29) is 16.1 Å². The zero-order valence-electron chi connectivity index (χ0n) is 9.80. The highest BCUT2D eigenvalue weighted by molar-refractivity contribution is 6.33. The molecule has 0 aromatic heterocycles. The first-order chi connectivity index (χ1) is 9.34. The lowest BCUT2D eigenvalue weighted by molar-refractivity contribution is -0.137. The maximum absolute atomic E-state index is 13.7. The predicted molar refractivity (Wildman–Crippen MR) is 66.6 cm³/mol. The molecule has 1 nitrogen and oxygen atoms in total. The van der Waals surface area contributed by atoms with Gasteiger partial charge in [-0.25, -0.2) is 4.39 Å². The second-order valence-corrected chi connectivity index (χ2v) is 4.37. The normalized spacial score (nSPS) is 11.2. The highest BCUT2D eigenvalue weighted by Gasteiger charge is 2.34. The van der Waals surface area contributed by atoms with Crippen LogP contribution in [0.15, 0.2) is 36.4 Å². The standard InChI is InChI=1S/C14H6ClF4N/c15-11-2-1-3-12(16)13(11)8-4-5-9(7-20)10(6-8)14(17,18)19/h1-6H. The van der Waals surface area contributed by atoms with Crippen LogP contribution in [-0.2, 0) is 6.18 Å². The fraction of sp³-hybridized carbons (Fsp3) is 0.0714. The fourth-order valence-corrected chi connectivity index (χ4v) is 2.08. The summed E-state index contributed by atoms with van der Waals surface area (Å²) < 4.78 is 52.3. The lowest BCUT2D eigenvalue weighted by Crippen LogP contribution is -2.08. The first kappa shape index (κ1) is 14.4. The lowest BCUT2D eigenvalue weighted by atomic mass is 9.99. The smallest absolute Gasteiger partial charge is 0.206 e. The molecule has 0 spiro atoms. The van der Waals surface area contributed by atoms with E-state index in [4.69, 9.17) is 16.9 Å². The Morgan fingerprint density at radius 3 is 2.35 bits per heavy atom. The second-order valence-electron chi connectivity index (χ2n) is 3.97. The van der Waals surface area contributed by atoms with E-state index in [2.05, 4.69) is 0 Å². The van der Waals surface area contributed by atoms with Crippen molar-refractivity contribution in [1.29, 1.82) is 5.26 Å². The number of nitriles is 1. The molecule has 2 aromatic carbocycles. The quantitative estimate of drug-likeness (QED) is 0.677. The molecular weight excluding hydrogens is 294 g/mol. The van der Waals surface area contributed by atoms with Crippen molar-refractivity contribution in [2.24, 2.45) is 0 Å². The van der Waals surface area contributed by atoms with Crippen molar-refractivity contribution in [1.82, 2.24) is 0 Å². The van der Waals surface area contributed by atoms with Gasteiger partial charge in [0.2, 0.25) is 0 Å². The van der Waals surface area contributed by atoms with Crippen molar-refractivity contribution < 1.29 is 17.6 Å².